The fraction of sp³-hybridized carbons (Fsp3) is 0.192. The highest BCUT2D eigenvalue weighted by Gasteiger charge is 2.42. The van der Waals surface area contributed by atoms with Crippen LogP contribution in [0.15, 0.2) is 91.5 Å². The van der Waals surface area contributed by atoms with Crippen molar-refractivity contribution >= 4 is 5.91 Å². The number of nitrogens with zero attached hydrogens (tertiary/aromatic N) is 1. The molecule has 0 saturated carbocycles. The molecule has 152 valence electrons. The standard InChI is InChI=1S/C26H25NO3/c1-3-21(25(28)19-13-15-20(30-2)16-14-19)24-22-11-7-8-12-23(22)26(29)27(24)17-18-9-5-4-6-10-18/h3-16,21,24-25,28H,1,17H2,2H3. The first kappa shape index (κ1) is 19.9. The maximum Gasteiger partial charge on any atom is 0.255 e. The molecule has 0 aliphatic carbocycles. The van der Waals surface area contributed by atoms with Crippen LogP contribution in [0.4, 0.5) is 0 Å². The molecule has 30 heavy (non-hydrogen) atoms. The van der Waals surface area contributed by atoms with Crippen molar-refractivity contribution < 1.29 is 14.6 Å². The number of amides is 1. The first-order valence-corrected chi connectivity index (χ1v) is 10.0. The molecule has 3 atom stereocenters. The van der Waals surface area contributed by atoms with Crippen molar-refractivity contribution in [3.63, 3.8) is 0 Å². The maximum atomic E-state index is 13.3. The second kappa shape index (κ2) is 8.56. The lowest BCUT2D eigenvalue weighted by Crippen LogP contribution is -2.33. The number of ether oxygens (including phenoxy) is 1. The lowest BCUT2D eigenvalue weighted by molar-refractivity contribution is 0.0473. The molecule has 1 heterocycles. The van der Waals surface area contributed by atoms with Crippen LogP contribution in [0.25, 0.3) is 0 Å². The molecule has 4 rings (SSSR count). The summed E-state index contributed by atoms with van der Waals surface area (Å²) in [5.41, 5.74) is 3.42. The van der Waals surface area contributed by atoms with Crippen molar-refractivity contribution in [1.29, 1.82) is 0 Å². The minimum Gasteiger partial charge on any atom is -0.497 e. The summed E-state index contributed by atoms with van der Waals surface area (Å²) in [5.74, 6) is 0.344. The van der Waals surface area contributed by atoms with Gasteiger partial charge in [-0.05, 0) is 34.9 Å². The van der Waals surface area contributed by atoms with Crippen LogP contribution >= 0.6 is 0 Å². The zero-order valence-electron chi connectivity index (χ0n) is 16.9. The van der Waals surface area contributed by atoms with Gasteiger partial charge in [0.15, 0.2) is 0 Å². The first-order chi connectivity index (χ1) is 14.6. The van der Waals surface area contributed by atoms with Gasteiger partial charge in [0.05, 0.1) is 19.3 Å². The monoisotopic (exact) mass is 399 g/mol. The molecular formula is C26H25NO3. The van der Waals surface area contributed by atoms with Gasteiger partial charge < -0.3 is 14.7 Å². The van der Waals surface area contributed by atoms with E-state index in [0.29, 0.717) is 12.1 Å². The first-order valence-electron chi connectivity index (χ1n) is 10.0. The number of methoxy groups -OCH3 is 1. The number of hydrogen-bond donors (Lipinski definition) is 1. The molecule has 1 N–H and O–H groups in total. The van der Waals surface area contributed by atoms with Gasteiger partial charge in [-0.15, -0.1) is 6.58 Å². The van der Waals surface area contributed by atoms with E-state index in [-0.39, 0.29) is 17.9 Å². The molecule has 0 spiro atoms. The smallest absolute Gasteiger partial charge is 0.255 e. The Hall–Kier alpha value is -3.37. The Bertz CT molecular complexity index is 1030. The van der Waals surface area contributed by atoms with E-state index in [1.807, 2.05) is 83.8 Å². The zero-order valence-corrected chi connectivity index (χ0v) is 16.9. The Balaban J connectivity index is 1.72. The number of carbonyl (C=O) groups is 1. The van der Waals surface area contributed by atoms with Gasteiger partial charge in [-0.3, -0.25) is 4.79 Å². The molecule has 4 heteroatoms. The third-order valence-electron chi connectivity index (χ3n) is 5.76. The van der Waals surface area contributed by atoms with Gasteiger partial charge in [0, 0.05) is 18.0 Å². The third-order valence-corrected chi connectivity index (χ3v) is 5.76. The van der Waals surface area contributed by atoms with Crippen LogP contribution in [-0.2, 0) is 6.54 Å². The third kappa shape index (κ3) is 3.62. The number of fused-ring (bicyclic) bond motifs is 1. The molecule has 3 aromatic carbocycles. The van der Waals surface area contributed by atoms with E-state index in [0.717, 1.165) is 22.4 Å². The molecular weight excluding hydrogens is 374 g/mol. The number of aliphatic hydroxyl groups excluding tert-OH is 1. The fourth-order valence-electron chi connectivity index (χ4n) is 4.22. The van der Waals surface area contributed by atoms with Crippen LogP contribution in [-0.4, -0.2) is 23.0 Å². The van der Waals surface area contributed by atoms with Crippen LogP contribution in [0.2, 0.25) is 0 Å². The van der Waals surface area contributed by atoms with Gasteiger partial charge in [-0.25, -0.2) is 0 Å². The minimum atomic E-state index is -0.810. The lowest BCUT2D eigenvalue weighted by atomic mass is 9.85. The van der Waals surface area contributed by atoms with Crippen molar-refractivity contribution in [2.24, 2.45) is 5.92 Å². The van der Waals surface area contributed by atoms with Gasteiger partial charge in [0.2, 0.25) is 0 Å². The number of aliphatic hydroxyl groups is 1. The molecule has 1 aliphatic rings. The molecule has 3 aromatic rings. The summed E-state index contributed by atoms with van der Waals surface area (Å²) in [6.07, 6.45) is 0.947. The zero-order chi connectivity index (χ0) is 21.1. The van der Waals surface area contributed by atoms with Crippen LogP contribution < -0.4 is 4.74 Å². The van der Waals surface area contributed by atoms with E-state index < -0.39 is 6.10 Å². The molecule has 1 aliphatic heterocycles. The van der Waals surface area contributed by atoms with Crippen LogP contribution in [0, 0.1) is 5.92 Å². The SMILES string of the molecule is C=CC(C(O)c1ccc(OC)cc1)C1c2ccccc2C(=O)N1Cc1ccccc1. The van der Waals surface area contributed by atoms with Gasteiger partial charge in [0.1, 0.15) is 5.75 Å². The quantitative estimate of drug-likeness (QED) is 0.573. The second-order valence-corrected chi connectivity index (χ2v) is 7.48. The Morgan fingerprint density at radius 2 is 1.70 bits per heavy atom. The maximum absolute atomic E-state index is 13.3. The largest absolute Gasteiger partial charge is 0.497 e. The highest BCUT2D eigenvalue weighted by atomic mass is 16.5. The summed E-state index contributed by atoms with van der Waals surface area (Å²) in [6, 6.07) is 24.6. The van der Waals surface area contributed by atoms with Crippen LogP contribution in [0.5, 0.6) is 5.75 Å². The summed E-state index contributed by atoms with van der Waals surface area (Å²) in [7, 11) is 1.61. The highest BCUT2D eigenvalue weighted by Crippen LogP contribution is 2.44. The molecule has 0 saturated heterocycles. The topological polar surface area (TPSA) is 49.8 Å². The molecule has 1 amide bonds. The lowest BCUT2D eigenvalue weighted by Gasteiger charge is -2.33. The summed E-state index contributed by atoms with van der Waals surface area (Å²) in [4.78, 5) is 15.1. The van der Waals surface area contributed by atoms with Crippen LogP contribution in [0.1, 0.15) is 39.2 Å². The fourth-order valence-corrected chi connectivity index (χ4v) is 4.22. The Labute approximate surface area is 177 Å². The van der Waals surface area contributed by atoms with E-state index in [9.17, 15) is 9.90 Å². The number of hydrogen-bond acceptors (Lipinski definition) is 3. The van der Waals surface area contributed by atoms with E-state index in [2.05, 4.69) is 6.58 Å². The van der Waals surface area contributed by atoms with E-state index >= 15 is 0 Å². The molecule has 0 aromatic heterocycles. The Kier molecular flexibility index (Phi) is 5.68. The van der Waals surface area contributed by atoms with Crippen molar-refractivity contribution in [2.45, 2.75) is 18.7 Å². The highest BCUT2D eigenvalue weighted by molar-refractivity contribution is 5.99. The second-order valence-electron chi connectivity index (χ2n) is 7.48. The average Bonchev–Trinajstić information content (AvgIpc) is 3.07. The predicted octanol–water partition coefficient (Wildman–Crippen LogP) is 4.93. The van der Waals surface area contributed by atoms with Crippen molar-refractivity contribution in [2.75, 3.05) is 7.11 Å². The number of carbonyl (C=O) groups excluding carboxylic acids is 1. The molecule has 0 radical (unpaired) electrons. The van der Waals surface area contributed by atoms with Crippen molar-refractivity contribution in [1.82, 2.24) is 4.90 Å². The van der Waals surface area contributed by atoms with E-state index in [1.54, 1.807) is 13.2 Å². The summed E-state index contributed by atoms with van der Waals surface area (Å²) in [6.45, 7) is 4.47. The van der Waals surface area contributed by atoms with Gasteiger partial charge >= 0.3 is 0 Å². The normalized spacial score (nSPS) is 17.3. The molecule has 0 fully saturated rings. The van der Waals surface area contributed by atoms with Gasteiger partial charge in [0.25, 0.3) is 5.91 Å². The minimum absolute atomic E-state index is 0.0202. The Morgan fingerprint density at radius 3 is 2.37 bits per heavy atom. The number of benzene rings is 3. The summed E-state index contributed by atoms with van der Waals surface area (Å²) in [5, 5.41) is 11.2. The Morgan fingerprint density at radius 1 is 1.03 bits per heavy atom. The van der Waals surface area contributed by atoms with Crippen LogP contribution in [0.3, 0.4) is 0 Å². The van der Waals surface area contributed by atoms with E-state index in [1.165, 1.54) is 0 Å². The predicted molar refractivity (Wildman–Crippen MR) is 117 cm³/mol. The summed E-state index contributed by atoms with van der Waals surface area (Å²) >= 11 is 0. The van der Waals surface area contributed by atoms with Crippen molar-refractivity contribution in [3.05, 3.63) is 114 Å². The molecule has 0 bridgehead atoms. The molecule has 3 unspecified atom stereocenters. The number of rotatable bonds is 7. The average molecular weight is 399 g/mol. The van der Waals surface area contributed by atoms with Gasteiger partial charge in [-0.2, -0.15) is 0 Å². The summed E-state index contributed by atoms with van der Waals surface area (Å²) < 4.78 is 5.22. The molecule has 4 nitrogen and oxygen atoms in total. The van der Waals surface area contributed by atoms with Crippen molar-refractivity contribution in [3.8, 4) is 5.75 Å². The van der Waals surface area contributed by atoms with E-state index in [4.69, 9.17) is 4.74 Å². The van der Waals surface area contributed by atoms with Gasteiger partial charge in [-0.1, -0.05) is 66.7 Å².